The zero-order valence-electron chi connectivity index (χ0n) is 12.9. The Morgan fingerprint density at radius 3 is 2.82 bits per heavy atom. The Balaban J connectivity index is 1.81. The van der Waals surface area contributed by atoms with Crippen molar-refractivity contribution in [1.29, 1.82) is 0 Å². The highest BCUT2D eigenvalue weighted by molar-refractivity contribution is 5.98. The van der Waals surface area contributed by atoms with Gasteiger partial charge in [0, 0.05) is 48.8 Å². The number of carbonyl (C=O) groups excluding carboxylic acids is 1. The first-order valence-electron chi connectivity index (χ1n) is 8.09. The highest BCUT2D eigenvalue weighted by atomic mass is 16.2. The summed E-state index contributed by atoms with van der Waals surface area (Å²) in [5.41, 5.74) is 8.72. The Labute approximate surface area is 130 Å². The highest BCUT2D eigenvalue weighted by Gasteiger charge is 2.18. The number of H-pyrrole nitrogens is 1. The molecule has 1 aliphatic heterocycles. The first-order chi connectivity index (χ1) is 10.8. The van der Waals surface area contributed by atoms with Crippen molar-refractivity contribution in [2.45, 2.75) is 19.3 Å². The van der Waals surface area contributed by atoms with Gasteiger partial charge in [-0.25, -0.2) is 0 Å². The molecule has 0 unspecified atom stereocenters. The molecule has 4 N–H and O–H groups in total. The van der Waals surface area contributed by atoms with Crippen molar-refractivity contribution in [1.82, 2.24) is 15.2 Å². The average molecular weight is 300 g/mol. The Hall–Kier alpha value is -1.85. The molecule has 0 saturated carbocycles. The standard InChI is InChI=1S/C17H24N4O/c18-6-2-1-3-14-12-20-16-5-4-13(11-15(14)16)17(22)21-9-7-19-8-10-21/h4-5,11-12,19-20H,1-3,6-10,18H2. The van der Waals surface area contributed by atoms with E-state index in [1.807, 2.05) is 23.1 Å². The third-order valence-electron chi connectivity index (χ3n) is 4.32. The Bertz CT molecular complexity index is 643. The van der Waals surface area contributed by atoms with Gasteiger partial charge in [-0.2, -0.15) is 0 Å². The van der Waals surface area contributed by atoms with Crippen molar-refractivity contribution < 1.29 is 4.79 Å². The number of fused-ring (bicyclic) bond motifs is 1. The van der Waals surface area contributed by atoms with Crippen LogP contribution in [0.5, 0.6) is 0 Å². The second-order valence-electron chi connectivity index (χ2n) is 5.86. The van der Waals surface area contributed by atoms with Crippen molar-refractivity contribution in [3.63, 3.8) is 0 Å². The number of unbranched alkanes of at least 4 members (excludes halogenated alkanes) is 1. The summed E-state index contributed by atoms with van der Waals surface area (Å²) < 4.78 is 0. The maximum absolute atomic E-state index is 12.6. The number of nitrogens with zero attached hydrogens (tertiary/aromatic N) is 1. The fourth-order valence-corrected chi connectivity index (χ4v) is 3.03. The SMILES string of the molecule is NCCCCc1c[nH]c2ccc(C(=O)N3CCNCC3)cc12. The fourth-order valence-electron chi connectivity index (χ4n) is 3.03. The number of aromatic nitrogens is 1. The molecule has 3 rings (SSSR count). The van der Waals surface area contributed by atoms with Crippen LogP contribution in [0.3, 0.4) is 0 Å². The molecular weight excluding hydrogens is 276 g/mol. The summed E-state index contributed by atoms with van der Waals surface area (Å²) in [6.07, 6.45) is 5.17. The Kier molecular flexibility index (Phi) is 4.75. The van der Waals surface area contributed by atoms with Crippen LogP contribution < -0.4 is 11.1 Å². The van der Waals surface area contributed by atoms with E-state index in [2.05, 4.69) is 16.5 Å². The number of piperazine rings is 1. The topological polar surface area (TPSA) is 74.2 Å². The van der Waals surface area contributed by atoms with Crippen LogP contribution in [0.25, 0.3) is 10.9 Å². The second kappa shape index (κ2) is 6.94. The predicted octanol–water partition coefficient (Wildman–Crippen LogP) is 1.49. The lowest BCUT2D eigenvalue weighted by molar-refractivity contribution is 0.0736. The molecule has 1 saturated heterocycles. The molecule has 5 nitrogen and oxygen atoms in total. The molecule has 1 fully saturated rings. The molecule has 2 aromatic rings. The van der Waals surface area contributed by atoms with E-state index in [0.717, 1.165) is 68.5 Å². The maximum Gasteiger partial charge on any atom is 0.253 e. The molecule has 5 heteroatoms. The molecule has 0 radical (unpaired) electrons. The lowest BCUT2D eigenvalue weighted by atomic mass is 10.0. The van der Waals surface area contributed by atoms with E-state index in [9.17, 15) is 4.79 Å². The minimum atomic E-state index is 0.137. The van der Waals surface area contributed by atoms with Gasteiger partial charge in [0.2, 0.25) is 0 Å². The number of hydrogen-bond acceptors (Lipinski definition) is 3. The molecule has 118 valence electrons. The van der Waals surface area contributed by atoms with Gasteiger partial charge in [0.15, 0.2) is 0 Å². The molecule has 2 heterocycles. The van der Waals surface area contributed by atoms with Crippen molar-refractivity contribution in [3.05, 3.63) is 35.5 Å². The number of hydrogen-bond donors (Lipinski definition) is 3. The van der Waals surface area contributed by atoms with Gasteiger partial charge in [-0.05, 0) is 49.6 Å². The van der Waals surface area contributed by atoms with Crippen LogP contribution in [-0.4, -0.2) is 48.5 Å². The highest BCUT2D eigenvalue weighted by Crippen LogP contribution is 2.22. The van der Waals surface area contributed by atoms with E-state index >= 15 is 0 Å². The van der Waals surface area contributed by atoms with Gasteiger partial charge in [0.25, 0.3) is 5.91 Å². The van der Waals surface area contributed by atoms with E-state index in [0.29, 0.717) is 0 Å². The van der Waals surface area contributed by atoms with Crippen LogP contribution in [0.15, 0.2) is 24.4 Å². The quantitative estimate of drug-likeness (QED) is 0.733. The van der Waals surface area contributed by atoms with Gasteiger partial charge >= 0.3 is 0 Å². The van der Waals surface area contributed by atoms with Crippen LogP contribution in [0.2, 0.25) is 0 Å². The van der Waals surface area contributed by atoms with Gasteiger partial charge in [0.1, 0.15) is 0 Å². The molecule has 22 heavy (non-hydrogen) atoms. The maximum atomic E-state index is 12.6. The molecular formula is C17H24N4O. The summed E-state index contributed by atoms with van der Waals surface area (Å²) in [7, 11) is 0. The third-order valence-corrected chi connectivity index (χ3v) is 4.32. The second-order valence-corrected chi connectivity index (χ2v) is 5.86. The summed E-state index contributed by atoms with van der Waals surface area (Å²) in [5.74, 6) is 0.137. The number of carbonyl (C=O) groups is 1. The zero-order valence-corrected chi connectivity index (χ0v) is 12.9. The number of benzene rings is 1. The fraction of sp³-hybridized carbons (Fsp3) is 0.471. The zero-order chi connectivity index (χ0) is 15.4. The third kappa shape index (κ3) is 3.15. The molecule has 0 bridgehead atoms. The molecule has 1 aromatic heterocycles. The molecule has 0 spiro atoms. The molecule has 0 atom stereocenters. The van der Waals surface area contributed by atoms with Crippen molar-refractivity contribution in [2.24, 2.45) is 5.73 Å². The van der Waals surface area contributed by atoms with E-state index in [1.165, 1.54) is 5.56 Å². The van der Waals surface area contributed by atoms with E-state index in [1.54, 1.807) is 0 Å². The van der Waals surface area contributed by atoms with Crippen molar-refractivity contribution >= 4 is 16.8 Å². The summed E-state index contributed by atoms with van der Waals surface area (Å²) in [5, 5.41) is 4.44. The first-order valence-corrected chi connectivity index (χ1v) is 8.09. The van der Waals surface area contributed by atoms with Crippen LogP contribution in [0.4, 0.5) is 0 Å². The average Bonchev–Trinajstić information content (AvgIpc) is 2.98. The van der Waals surface area contributed by atoms with E-state index < -0.39 is 0 Å². The van der Waals surface area contributed by atoms with Crippen molar-refractivity contribution in [3.8, 4) is 0 Å². The minimum Gasteiger partial charge on any atom is -0.361 e. The van der Waals surface area contributed by atoms with Crippen LogP contribution in [0.1, 0.15) is 28.8 Å². The largest absolute Gasteiger partial charge is 0.361 e. The smallest absolute Gasteiger partial charge is 0.253 e. The predicted molar refractivity (Wildman–Crippen MR) is 89.1 cm³/mol. The number of nitrogens with two attached hydrogens (primary N) is 1. The van der Waals surface area contributed by atoms with Gasteiger partial charge in [-0.3, -0.25) is 4.79 Å². The Morgan fingerprint density at radius 2 is 2.05 bits per heavy atom. The molecule has 0 aliphatic carbocycles. The first kappa shape index (κ1) is 15.1. The number of aromatic amines is 1. The molecule has 1 aromatic carbocycles. The minimum absolute atomic E-state index is 0.137. The lowest BCUT2D eigenvalue weighted by Crippen LogP contribution is -2.46. The monoisotopic (exact) mass is 300 g/mol. The lowest BCUT2D eigenvalue weighted by Gasteiger charge is -2.27. The Morgan fingerprint density at radius 1 is 1.23 bits per heavy atom. The normalized spacial score (nSPS) is 15.4. The molecule has 1 amide bonds. The van der Waals surface area contributed by atoms with E-state index in [4.69, 9.17) is 5.73 Å². The number of nitrogens with one attached hydrogen (secondary N) is 2. The summed E-state index contributed by atoms with van der Waals surface area (Å²) in [4.78, 5) is 17.8. The summed E-state index contributed by atoms with van der Waals surface area (Å²) >= 11 is 0. The van der Waals surface area contributed by atoms with Crippen molar-refractivity contribution in [2.75, 3.05) is 32.7 Å². The molecule has 1 aliphatic rings. The van der Waals surface area contributed by atoms with E-state index in [-0.39, 0.29) is 5.91 Å². The van der Waals surface area contributed by atoms with Gasteiger partial charge < -0.3 is 20.9 Å². The number of amides is 1. The van der Waals surface area contributed by atoms with Crippen LogP contribution in [0, 0.1) is 0 Å². The summed E-state index contributed by atoms with van der Waals surface area (Å²) in [6, 6.07) is 5.97. The van der Waals surface area contributed by atoms with Gasteiger partial charge in [0.05, 0.1) is 0 Å². The number of aryl methyl sites for hydroxylation is 1. The van der Waals surface area contributed by atoms with Crippen LogP contribution in [-0.2, 0) is 6.42 Å². The van der Waals surface area contributed by atoms with Gasteiger partial charge in [-0.1, -0.05) is 0 Å². The number of rotatable bonds is 5. The van der Waals surface area contributed by atoms with Gasteiger partial charge in [-0.15, -0.1) is 0 Å². The summed E-state index contributed by atoms with van der Waals surface area (Å²) in [6.45, 7) is 4.06. The van der Waals surface area contributed by atoms with Crippen LogP contribution >= 0.6 is 0 Å².